The van der Waals surface area contributed by atoms with Gasteiger partial charge in [-0.3, -0.25) is 9.36 Å². The normalized spacial score (nSPS) is 10.6. The number of ether oxygens (including phenoxy) is 1. The van der Waals surface area contributed by atoms with Crippen LogP contribution < -0.4 is 10.2 Å². The zero-order valence-corrected chi connectivity index (χ0v) is 20.5. The van der Waals surface area contributed by atoms with Crippen LogP contribution in [0.5, 0.6) is 0 Å². The monoisotopic (exact) mass is 485 g/mol. The molecule has 174 valence electrons. The van der Waals surface area contributed by atoms with E-state index in [0.29, 0.717) is 22.3 Å². The van der Waals surface area contributed by atoms with Crippen LogP contribution >= 0.6 is 23.1 Å². The second kappa shape index (κ2) is 11.7. The first kappa shape index (κ1) is 24.5. The average Bonchev–Trinajstić information content (AvgIpc) is 3.46. The highest BCUT2D eigenvalue weighted by atomic mass is 32.2. The number of allylic oxidation sites excluding steroid dienone is 1. The number of benzene rings is 1. The van der Waals surface area contributed by atoms with E-state index in [0.717, 1.165) is 30.2 Å². The highest BCUT2D eigenvalue weighted by Gasteiger charge is 2.18. The van der Waals surface area contributed by atoms with Crippen LogP contribution in [0.2, 0.25) is 0 Å². The quantitative estimate of drug-likeness (QED) is 0.242. The Kier molecular flexibility index (Phi) is 8.67. The molecule has 0 saturated heterocycles. The molecule has 0 bridgehead atoms. The molecule has 3 rings (SSSR count). The fourth-order valence-electron chi connectivity index (χ4n) is 3.28. The molecule has 0 fully saturated rings. The summed E-state index contributed by atoms with van der Waals surface area (Å²) in [6.07, 6.45) is 1.77. The van der Waals surface area contributed by atoms with Crippen molar-refractivity contribution in [3.05, 3.63) is 53.9 Å². The molecule has 1 N–H and O–H groups in total. The second-order valence-corrected chi connectivity index (χ2v) is 8.78. The van der Waals surface area contributed by atoms with Gasteiger partial charge in [0.1, 0.15) is 5.00 Å². The van der Waals surface area contributed by atoms with Crippen LogP contribution in [0.3, 0.4) is 0 Å². The molecule has 3 aromatic rings. The Morgan fingerprint density at radius 2 is 1.94 bits per heavy atom. The summed E-state index contributed by atoms with van der Waals surface area (Å²) in [6, 6.07) is 9.84. The van der Waals surface area contributed by atoms with E-state index in [1.54, 1.807) is 17.5 Å². The van der Waals surface area contributed by atoms with Crippen LogP contribution in [0.25, 0.3) is 11.4 Å². The zero-order valence-electron chi connectivity index (χ0n) is 18.9. The molecule has 0 aliphatic heterocycles. The fraction of sp³-hybridized carbons (Fsp3) is 0.304. The second-order valence-electron chi connectivity index (χ2n) is 6.92. The highest BCUT2D eigenvalue weighted by Crippen LogP contribution is 2.27. The van der Waals surface area contributed by atoms with E-state index in [1.165, 1.54) is 30.2 Å². The van der Waals surface area contributed by atoms with E-state index in [4.69, 9.17) is 4.74 Å². The number of hydrogen-bond donors (Lipinski definition) is 1. The molecule has 1 amide bonds. The minimum atomic E-state index is -0.485. The first-order valence-electron chi connectivity index (χ1n) is 10.5. The molecule has 8 nitrogen and oxygen atoms in total. The summed E-state index contributed by atoms with van der Waals surface area (Å²) >= 11 is 2.55. The maximum atomic E-state index is 12.5. The lowest BCUT2D eigenvalue weighted by Gasteiger charge is -2.21. The molecule has 0 spiro atoms. The van der Waals surface area contributed by atoms with Crippen LogP contribution in [0.1, 0.15) is 24.2 Å². The van der Waals surface area contributed by atoms with E-state index < -0.39 is 5.97 Å². The standard InChI is InChI=1S/C23H27N5O3S2/c1-5-13-28-20(16-8-10-17(11-9-16)27(6-2)7-3)25-26-23(28)33-15-19(29)24-21-18(12-14-32-21)22(30)31-4/h5,8-12,14H,1,6-7,13,15H2,2-4H3,(H,24,29). The van der Waals surface area contributed by atoms with Crippen molar-refractivity contribution in [2.45, 2.75) is 25.5 Å². The van der Waals surface area contributed by atoms with Crippen molar-refractivity contribution < 1.29 is 14.3 Å². The first-order chi connectivity index (χ1) is 16.0. The number of rotatable bonds is 11. The zero-order chi connectivity index (χ0) is 23.8. The molecule has 0 radical (unpaired) electrons. The van der Waals surface area contributed by atoms with Gasteiger partial charge in [0.25, 0.3) is 0 Å². The Hall–Kier alpha value is -3.11. The van der Waals surface area contributed by atoms with Gasteiger partial charge in [0.15, 0.2) is 11.0 Å². The number of nitrogens with zero attached hydrogens (tertiary/aromatic N) is 4. The van der Waals surface area contributed by atoms with Crippen molar-refractivity contribution in [1.29, 1.82) is 0 Å². The summed E-state index contributed by atoms with van der Waals surface area (Å²) < 4.78 is 6.68. The number of methoxy groups -OCH3 is 1. The molecular weight excluding hydrogens is 458 g/mol. The lowest BCUT2D eigenvalue weighted by atomic mass is 10.2. The first-order valence-corrected chi connectivity index (χ1v) is 12.4. The van der Waals surface area contributed by atoms with Gasteiger partial charge in [-0.1, -0.05) is 17.8 Å². The van der Waals surface area contributed by atoms with Gasteiger partial charge in [-0.05, 0) is 49.6 Å². The van der Waals surface area contributed by atoms with E-state index >= 15 is 0 Å². The number of thiophene rings is 1. The van der Waals surface area contributed by atoms with E-state index in [-0.39, 0.29) is 11.7 Å². The van der Waals surface area contributed by atoms with Gasteiger partial charge in [-0.2, -0.15) is 0 Å². The van der Waals surface area contributed by atoms with Crippen molar-refractivity contribution in [1.82, 2.24) is 14.8 Å². The number of carbonyl (C=O) groups excluding carboxylic acids is 2. The number of amides is 1. The highest BCUT2D eigenvalue weighted by molar-refractivity contribution is 7.99. The van der Waals surface area contributed by atoms with Crippen LogP contribution in [-0.4, -0.2) is 52.6 Å². The minimum Gasteiger partial charge on any atom is -0.465 e. The number of anilines is 2. The summed E-state index contributed by atoms with van der Waals surface area (Å²) in [4.78, 5) is 26.6. The Labute approximate surface area is 201 Å². The molecular formula is C23H27N5O3S2. The molecule has 0 unspecified atom stereocenters. The molecule has 1 aromatic carbocycles. The summed E-state index contributed by atoms with van der Waals surface area (Å²) in [5.74, 6) is 0.108. The topological polar surface area (TPSA) is 89.3 Å². The lowest BCUT2D eigenvalue weighted by Crippen LogP contribution is -2.21. The van der Waals surface area contributed by atoms with Gasteiger partial charge < -0.3 is 15.0 Å². The fourth-order valence-corrected chi connectivity index (χ4v) is 4.82. The Morgan fingerprint density at radius 1 is 1.21 bits per heavy atom. The van der Waals surface area contributed by atoms with Crippen molar-refractivity contribution in [3.63, 3.8) is 0 Å². The van der Waals surface area contributed by atoms with E-state index in [2.05, 4.69) is 53.0 Å². The summed E-state index contributed by atoms with van der Waals surface area (Å²) in [6.45, 7) is 10.5. The molecule has 0 atom stereocenters. The molecule has 0 aliphatic carbocycles. The SMILES string of the molecule is C=CCn1c(SCC(=O)Nc2sccc2C(=O)OC)nnc1-c1ccc(N(CC)CC)cc1. The van der Waals surface area contributed by atoms with Crippen molar-refractivity contribution in [2.24, 2.45) is 0 Å². The number of nitrogens with one attached hydrogen (secondary N) is 1. The summed E-state index contributed by atoms with van der Waals surface area (Å²) in [5.41, 5.74) is 2.44. The smallest absolute Gasteiger partial charge is 0.340 e. The minimum absolute atomic E-state index is 0.120. The third kappa shape index (κ3) is 5.82. The molecule has 10 heteroatoms. The molecule has 2 aromatic heterocycles. The maximum absolute atomic E-state index is 12.5. The van der Waals surface area contributed by atoms with Gasteiger partial charge in [0, 0.05) is 30.9 Å². The molecule has 0 aliphatic rings. The third-order valence-corrected chi connectivity index (χ3v) is 6.74. The predicted molar refractivity (Wildman–Crippen MR) is 134 cm³/mol. The number of hydrogen-bond acceptors (Lipinski definition) is 8. The number of thioether (sulfide) groups is 1. The van der Waals surface area contributed by atoms with Gasteiger partial charge in [-0.25, -0.2) is 4.79 Å². The van der Waals surface area contributed by atoms with Gasteiger partial charge in [-0.15, -0.1) is 28.1 Å². The van der Waals surface area contributed by atoms with Crippen LogP contribution in [-0.2, 0) is 16.1 Å². The van der Waals surface area contributed by atoms with Gasteiger partial charge >= 0.3 is 5.97 Å². The largest absolute Gasteiger partial charge is 0.465 e. The van der Waals surface area contributed by atoms with Crippen molar-refractivity contribution in [2.75, 3.05) is 36.2 Å². The Morgan fingerprint density at radius 3 is 2.58 bits per heavy atom. The maximum Gasteiger partial charge on any atom is 0.340 e. The van der Waals surface area contributed by atoms with Gasteiger partial charge in [0.2, 0.25) is 5.91 Å². The Bertz CT molecular complexity index is 1100. The van der Waals surface area contributed by atoms with E-state index in [1.807, 2.05) is 16.7 Å². The van der Waals surface area contributed by atoms with Crippen molar-refractivity contribution in [3.8, 4) is 11.4 Å². The molecule has 0 saturated carbocycles. The number of aromatic nitrogens is 3. The summed E-state index contributed by atoms with van der Waals surface area (Å²) in [5, 5.41) is 14.2. The van der Waals surface area contributed by atoms with Crippen LogP contribution in [0.4, 0.5) is 10.7 Å². The van der Waals surface area contributed by atoms with E-state index in [9.17, 15) is 9.59 Å². The number of esters is 1. The number of carbonyl (C=O) groups is 2. The molecule has 2 heterocycles. The summed E-state index contributed by atoms with van der Waals surface area (Å²) in [7, 11) is 1.31. The average molecular weight is 486 g/mol. The molecule has 33 heavy (non-hydrogen) atoms. The van der Waals surface area contributed by atoms with Crippen LogP contribution in [0, 0.1) is 0 Å². The van der Waals surface area contributed by atoms with Crippen molar-refractivity contribution >= 4 is 45.7 Å². The van der Waals surface area contributed by atoms with Gasteiger partial charge in [0.05, 0.1) is 18.4 Å². The lowest BCUT2D eigenvalue weighted by molar-refractivity contribution is -0.113. The third-order valence-electron chi connectivity index (χ3n) is 4.94. The Balaban J connectivity index is 1.72. The van der Waals surface area contributed by atoms with Crippen LogP contribution in [0.15, 0.2) is 53.5 Å². The predicted octanol–water partition coefficient (Wildman–Crippen LogP) is 4.56.